The molecule has 0 aliphatic heterocycles. The van der Waals surface area contributed by atoms with Crippen LogP contribution in [0.3, 0.4) is 0 Å². The maximum Gasteiger partial charge on any atom is 0.267 e. The molecule has 1 N–H and O–H groups in total. The van der Waals surface area contributed by atoms with E-state index in [1.807, 2.05) is 79.7 Å². The van der Waals surface area contributed by atoms with Gasteiger partial charge in [-0.1, -0.05) is 48.0 Å². The molecule has 122 valence electrons. The van der Waals surface area contributed by atoms with Gasteiger partial charge in [0.05, 0.1) is 16.6 Å². The minimum Gasteiger partial charge on any atom is -0.325 e. The van der Waals surface area contributed by atoms with Crippen LogP contribution in [0, 0.1) is 6.92 Å². The molecule has 0 radical (unpaired) electrons. The zero-order chi connectivity index (χ0) is 17.2. The molecule has 0 amide bonds. The van der Waals surface area contributed by atoms with Gasteiger partial charge in [-0.05, 0) is 43.3 Å². The van der Waals surface area contributed by atoms with Gasteiger partial charge in [0, 0.05) is 5.69 Å². The predicted octanol–water partition coefficient (Wildman–Crippen LogP) is 4.44. The van der Waals surface area contributed by atoms with E-state index >= 15 is 0 Å². The summed E-state index contributed by atoms with van der Waals surface area (Å²) in [5, 5.41) is 3.88. The van der Waals surface area contributed by atoms with Crippen LogP contribution in [0.15, 0.2) is 83.7 Å². The van der Waals surface area contributed by atoms with E-state index in [2.05, 4.69) is 10.3 Å². The summed E-state index contributed by atoms with van der Waals surface area (Å²) in [4.78, 5) is 17.8. The second-order valence-electron chi connectivity index (χ2n) is 5.92. The lowest BCUT2D eigenvalue weighted by atomic mass is 10.2. The summed E-state index contributed by atoms with van der Waals surface area (Å²) in [5.74, 6) is 0.499. The van der Waals surface area contributed by atoms with E-state index < -0.39 is 0 Å². The van der Waals surface area contributed by atoms with Gasteiger partial charge in [0.1, 0.15) is 0 Å². The molecule has 0 spiro atoms. The van der Waals surface area contributed by atoms with E-state index in [1.54, 1.807) is 10.6 Å². The fraction of sp³-hybridized carbons (Fsp3) is 0.0476. The first kappa shape index (κ1) is 15.1. The monoisotopic (exact) mass is 327 g/mol. The molecule has 0 aliphatic rings. The summed E-state index contributed by atoms with van der Waals surface area (Å²) in [7, 11) is 0. The van der Waals surface area contributed by atoms with Gasteiger partial charge in [-0.15, -0.1) is 0 Å². The fourth-order valence-corrected chi connectivity index (χ4v) is 2.80. The second kappa shape index (κ2) is 6.24. The van der Waals surface area contributed by atoms with E-state index in [4.69, 9.17) is 0 Å². The highest BCUT2D eigenvalue weighted by molar-refractivity contribution is 5.79. The molecule has 0 atom stereocenters. The Balaban J connectivity index is 1.95. The number of aromatic nitrogens is 2. The van der Waals surface area contributed by atoms with Gasteiger partial charge in [0.25, 0.3) is 5.56 Å². The van der Waals surface area contributed by atoms with Crippen LogP contribution in [-0.2, 0) is 0 Å². The van der Waals surface area contributed by atoms with Gasteiger partial charge < -0.3 is 5.32 Å². The third-order valence-electron chi connectivity index (χ3n) is 4.10. The summed E-state index contributed by atoms with van der Waals surface area (Å²) in [6.45, 7) is 2.04. The quantitative estimate of drug-likeness (QED) is 0.605. The number of hydrogen-bond donors (Lipinski definition) is 1. The van der Waals surface area contributed by atoms with Crippen LogP contribution in [0.1, 0.15) is 5.56 Å². The summed E-state index contributed by atoms with van der Waals surface area (Å²) < 4.78 is 1.61. The van der Waals surface area contributed by atoms with E-state index in [9.17, 15) is 4.79 Å². The number of fused-ring (bicyclic) bond motifs is 1. The second-order valence-corrected chi connectivity index (χ2v) is 5.92. The Hall–Kier alpha value is -3.40. The number of nitrogens with one attached hydrogen (secondary N) is 1. The average molecular weight is 327 g/mol. The molecule has 3 aromatic carbocycles. The van der Waals surface area contributed by atoms with Crippen LogP contribution < -0.4 is 10.9 Å². The number of rotatable bonds is 3. The lowest BCUT2D eigenvalue weighted by molar-refractivity contribution is 0.974. The number of anilines is 2. The van der Waals surface area contributed by atoms with Crippen molar-refractivity contribution in [2.75, 3.05) is 5.32 Å². The fourth-order valence-electron chi connectivity index (χ4n) is 2.80. The number of benzene rings is 3. The number of nitrogens with zero attached hydrogens (tertiary/aromatic N) is 2. The molecule has 4 nitrogen and oxygen atoms in total. The SMILES string of the molecule is Cc1ccc(Nc2nc3ccccc3c(=O)n2-c2ccccc2)cc1. The Bertz CT molecular complexity index is 1080. The molecule has 0 unspecified atom stereocenters. The molecule has 0 saturated carbocycles. The number of aryl methyl sites for hydroxylation is 1. The van der Waals surface area contributed by atoms with E-state index in [0.29, 0.717) is 16.9 Å². The van der Waals surface area contributed by atoms with Gasteiger partial charge in [-0.2, -0.15) is 0 Å². The molecule has 0 aliphatic carbocycles. The van der Waals surface area contributed by atoms with Gasteiger partial charge in [0.2, 0.25) is 5.95 Å². The number of hydrogen-bond acceptors (Lipinski definition) is 3. The van der Waals surface area contributed by atoms with Gasteiger partial charge in [-0.3, -0.25) is 4.79 Å². The van der Waals surface area contributed by atoms with Crippen molar-refractivity contribution in [3.8, 4) is 5.69 Å². The summed E-state index contributed by atoms with van der Waals surface area (Å²) in [5.41, 5.74) is 3.43. The minimum absolute atomic E-state index is 0.0913. The van der Waals surface area contributed by atoms with Gasteiger partial charge in [0.15, 0.2) is 0 Å². The normalized spacial score (nSPS) is 10.8. The molecule has 25 heavy (non-hydrogen) atoms. The highest BCUT2D eigenvalue weighted by atomic mass is 16.1. The van der Waals surface area contributed by atoms with Crippen LogP contribution in [0.25, 0.3) is 16.6 Å². The molecule has 4 rings (SSSR count). The summed E-state index contributed by atoms with van der Waals surface area (Å²) >= 11 is 0. The zero-order valence-electron chi connectivity index (χ0n) is 13.8. The summed E-state index contributed by atoms with van der Waals surface area (Å²) in [6, 6.07) is 24.9. The maximum absolute atomic E-state index is 13.1. The van der Waals surface area contributed by atoms with Crippen molar-refractivity contribution < 1.29 is 0 Å². The first-order valence-corrected chi connectivity index (χ1v) is 8.13. The minimum atomic E-state index is -0.0913. The Morgan fingerprint density at radius 3 is 2.28 bits per heavy atom. The van der Waals surface area contributed by atoms with Crippen LogP contribution >= 0.6 is 0 Å². The van der Waals surface area contributed by atoms with Crippen molar-refractivity contribution in [3.05, 3.63) is 94.8 Å². The molecule has 4 aromatic rings. The molecular weight excluding hydrogens is 310 g/mol. The van der Waals surface area contributed by atoms with Crippen molar-refractivity contribution in [3.63, 3.8) is 0 Å². The van der Waals surface area contributed by atoms with Crippen molar-refractivity contribution in [1.82, 2.24) is 9.55 Å². The van der Waals surface area contributed by atoms with Gasteiger partial charge in [-0.25, -0.2) is 9.55 Å². The zero-order valence-corrected chi connectivity index (χ0v) is 13.8. The third kappa shape index (κ3) is 2.90. The van der Waals surface area contributed by atoms with Crippen LogP contribution in [0.5, 0.6) is 0 Å². The first-order valence-electron chi connectivity index (χ1n) is 8.13. The predicted molar refractivity (Wildman–Crippen MR) is 102 cm³/mol. The summed E-state index contributed by atoms with van der Waals surface area (Å²) in [6.07, 6.45) is 0. The Labute approximate surface area is 145 Å². The molecular formula is C21H17N3O. The molecule has 0 fully saturated rings. The van der Waals surface area contributed by atoms with Gasteiger partial charge >= 0.3 is 0 Å². The highest BCUT2D eigenvalue weighted by Gasteiger charge is 2.12. The Morgan fingerprint density at radius 1 is 0.840 bits per heavy atom. The third-order valence-corrected chi connectivity index (χ3v) is 4.10. The lowest BCUT2D eigenvalue weighted by Gasteiger charge is -2.15. The molecule has 0 saturated heterocycles. The van der Waals surface area contributed by atoms with E-state index in [1.165, 1.54) is 5.56 Å². The maximum atomic E-state index is 13.1. The van der Waals surface area contributed by atoms with Crippen LogP contribution in [0.2, 0.25) is 0 Å². The first-order chi connectivity index (χ1) is 12.2. The Morgan fingerprint density at radius 2 is 1.52 bits per heavy atom. The molecule has 1 heterocycles. The van der Waals surface area contributed by atoms with Crippen molar-refractivity contribution in [2.24, 2.45) is 0 Å². The van der Waals surface area contributed by atoms with Crippen molar-refractivity contribution in [1.29, 1.82) is 0 Å². The van der Waals surface area contributed by atoms with Crippen LogP contribution in [-0.4, -0.2) is 9.55 Å². The van der Waals surface area contributed by atoms with E-state index in [-0.39, 0.29) is 5.56 Å². The van der Waals surface area contributed by atoms with Crippen molar-refractivity contribution in [2.45, 2.75) is 6.92 Å². The molecule has 4 heteroatoms. The van der Waals surface area contributed by atoms with E-state index in [0.717, 1.165) is 11.4 Å². The largest absolute Gasteiger partial charge is 0.325 e. The molecule has 0 bridgehead atoms. The standard InChI is InChI=1S/C21H17N3O/c1-15-11-13-16(14-12-15)22-21-23-19-10-6-5-9-18(19)20(25)24(21)17-7-3-2-4-8-17/h2-14H,1H3,(H,22,23). The smallest absolute Gasteiger partial charge is 0.267 e. The topological polar surface area (TPSA) is 46.9 Å². The average Bonchev–Trinajstić information content (AvgIpc) is 2.65. The van der Waals surface area contributed by atoms with Crippen molar-refractivity contribution >= 4 is 22.5 Å². The lowest BCUT2D eigenvalue weighted by Crippen LogP contribution is -2.22. The van der Waals surface area contributed by atoms with Crippen LogP contribution in [0.4, 0.5) is 11.6 Å². The number of para-hydroxylation sites is 2. The Kier molecular flexibility index (Phi) is 3.78. The highest BCUT2D eigenvalue weighted by Crippen LogP contribution is 2.20. The molecule has 1 aromatic heterocycles.